The molecule has 0 saturated heterocycles. The van der Waals surface area contributed by atoms with Crippen molar-refractivity contribution in [1.29, 1.82) is 0 Å². The fourth-order valence-corrected chi connectivity index (χ4v) is 3.64. The number of nitrogens with zero attached hydrogens (tertiary/aromatic N) is 1. The molecule has 0 aromatic heterocycles. The average Bonchev–Trinajstić information content (AvgIpc) is 2.63. The predicted octanol–water partition coefficient (Wildman–Crippen LogP) is 4.83. The summed E-state index contributed by atoms with van der Waals surface area (Å²) in [7, 11) is -3.67. The second-order valence-corrected chi connectivity index (χ2v) is 6.86. The molecule has 0 heterocycles. The summed E-state index contributed by atoms with van der Waals surface area (Å²) in [6.07, 6.45) is 1.61. The van der Waals surface area contributed by atoms with Gasteiger partial charge < -0.3 is 0 Å². The summed E-state index contributed by atoms with van der Waals surface area (Å²) in [5.74, 6) is 0. The zero-order valence-electron chi connectivity index (χ0n) is 13.0. The number of hydrogen-bond donors (Lipinski definition) is 0. The largest absolute Gasteiger partial charge is 0.261 e. The highest BCUT2D eigenvalue weighted by molar-refractivity contribution is 7.96. The average molecular weight is 335 g/mol. The molecule has 0 fully saturated rings. The highest BCUT2D eigenvalue weighted by Crippen LogP contribution is 2.29. The third-order valence-corrected chi connectivity index (χ3v) is 4.88. The summed E-state index contributed by atoms with van der Waals surface area (Å²) >= 11 is 0. The van der Waals surface area contributed by atoms with Gasteiger partial charge in [0.05, 0.1) is 16.8 Å². The Morgan fingerprint density at radius 1 is 0.625 bits per heavy atom. The van der Waals surface area contributed by atoms with Crippen LogP contribution < -0.4 is 4.31 Å². The summed E-state index contributed by atoms with van der Waals surface area (Å²) in [5.41, 5.74) is 2.03. The van der Waals surface area contributed by atoms with Crippen molar-refractivity contribution in [3.8, 4) is 0 Å². The monoisotopic (exact) mass is 335 g/mol. The lowest BCUT2D eigenvalue weighted by Crippen LogP contribution is -2.23. The maximum absolute atomic E-state index is 12.9. The summed E-state index contributed by atoms with van der Waals surface area (Å²) < 4.78 is 27.2. The lowest BCUT2D eigenvalue weighted by atomic mass is 10.2. The Morgan fingerprint density at radius 2 is 1.04 bits per heavy atom. The SMILES string of the molecule is O=S(=O)(/C=C\c1ccccc1)N(c1ccccc1)c1ccccc1. The first-order valence-corrected chi connectivity index (χ1v) is 9.06. The standard InChI is InChI=1S/C20H17NO2S/c22-24(23,17-16-18-10-4-1-5-11-18)21(19-12-6-2-7-13-19)20-14-8-3-9-15-20/h1-17H/b17-16-. The van der Waals surface area contributed by atoms with Crippen LogP contribution in [0.3, 0.4) is 0 Å². The summed E-state index contributed by atoms with van der Waals surface area (Å²) in [6, 6.07) is 27.5. The van der Waals surface area contributed by atoms with E-state index in [4.69, 9.17) is 0 Å². The van der Waals surface area contributed by atoms with Gasteiger partial charge in [-0.05, 0) is 35.9 Å². The summed E-state index contributed by atoms with van der Waals surface area (Å²) in [4.78, 5) is 0. The van der Waals surface area contributed by atoms with Gasteiger partial charge in [-0.1, -0.05) is 66.7 Å². The topological polar surface area (TPSA) is 37.4 Å². The molecule has 0 radical (unpaired) electrons. The Hall–Kier alpha value is -2.85. The van der Waals surface area contributed by atoms with Crippen molar-refractivity contribution in [3.05, 3.63) is 102 Å². The molecule has 3 rings (SSSR count). The van der Waals surface area contributed by atoms with Crippen LogP contribution >= 0.6 is 0 Å². The smallest absolute Gasteiger partial charge is 0.235 e. The van der Waals surface area contributed by atoms with Gasteiger partial charge in [0.15, 0.2) is 0 Å². The van der Waals surface area contributed by atoms with E-state index in [1.165, 1.54) is 9.71 Å². The lowest BCUT2D eigenvalue weighted by molar-refractivity contribution is 0.605. The van der Waals surface area contributed by atoms with Gasteiger partial charge in [0.1, 0.15) is 0 Å². The molecule has 120 valence electrons. The Labute approximate surface area is 142 Å². The predicted molar refractivity (Wildman–Crippen MR) is 99.4 cm³/mol. The lowest BCUT2D eigenvalue weighted by Gasteiger charge is -2.22. The molecule has 4 heteroatoms. The molecule has 0 amide bonds. The van der Waals surface area contributed by atoms with Crippen molar-refractivity contribution >= 4 is 27.5 Å². The van der Waals surface area contributed by atoms with E-state index in [0.717, 1.165) is 5.56 Å². The first kappa shape index (κ1) is 16.0. The van der Waals surface area contributed by atoms with E-state index in [9.17, 15) is 8.42 Å². The van der Waals surface area contributed by atoms with E-state index in [1.807, 2.05) is 66.7 Å². The van der Waals surface area contributed by atoms with Gasteiger partial charge in [-0.25, -0.2) is 12.7 Å². The van der Waals surface area contributed by atoms with Crippen LogP contribution in [0.15, 0.2) is 96.4 Å². The van der Waals surface area contributed by atoms with Crippen LogP contribution in [0, 0.1) is 0 Å². The van der Waals surface area contributed by atoms with Crippen molar-refractivity contribution < 1.29 is 8.42 Å². The van der Waals surface area contributed by atoms with Crippen LogP contribution in [-0.2, 0) is 10.0 Å². The van der Waals surface area contributed by atoms with Gasteiger partial charge in [0.25, 0.3) is 10.0 Å². The first-order chi connectivity index (χ1) is 11.7. The molecule has 0 saturated carbocycles. The van der Waals surface area contributed by atoms with Crippen LogP contribution in [0.1, 0.15) is 5.56 Å². The molecule has 3 nitrogen and oxygen atoms in total. The fraction of sp³-hybridized carbons (Fsp3) is 0. The number of anilines is 2. The molecule has 0 N–H and O–H groups in total. The second kappa shape index (κ2) is 7.15. The molecule has 0 aliphatic carbocycles. The van der Waals surface area contributed by atoms with Gasteiger partial charge in [0, 0.05) is 0 Å². The number of rotatable bonds is 5. The number of sulfonamides is 1. The first-order valence-electron chi connectivity index (χ1n) is 7.55. The van der Waals surface area contributed by atoms with Crippen LogP contribution in [0.4, 0.5) is 11.4 Å². The Balaban J connectivity index is 2.03. The molecule has 0 unspecified atom stereocenters. The Bertz CT molecular complexity index is 866. The van der Waals surface area contributed by atoms with Crippen LogP contribution in [-0.4, -0.2) is 8.42 Å². The molecule has 0 atom stereocenters. The maximum atomic E-state index is 12.9. The van der Waals surface area contributed by atoms with E-state index in [-0.39, 0.29) is 0 Å². The van der Waals surface area contributed by atoms with E-state index < -0.39 is 10.0 Å². The van der Waals surface area contributed by atoms with Crippen LogP contribution in [0.25, 0.3) is 6.08 Å². The minimum absolute atomic E-state index is 0.599. The quantitative estimate of drug-likeness (QED) is 0.670. The highest BCUT2D eigenvalue weighted by Gasteiger charge is 2.21. The normalized spacial score (nSPS) is 11.5. The molecule has 3 aromatic rings. The van der Waals surface area contributed by atoms with Crippen molar-refractivity contribution in [2.45, 2.75) is 0 Å². The van der Waals surface area contributed by atoms with Gasteiger partial charge in [-0.15, -0.1) is 0 Å². The Morgan fingerprint density at radius 3 is 1.50 bits per heavy atom. The molecular formula is C20H17NO2S. The molecular weight excluding hydrogens is 318 g/mol. The van der Waals surface area contributed by atoms with Crippen molar-refractivity contribution in [2.24, 2.45) is 0 Å². The van der Waals surface area contributed by atoms with Gasteiger partial charge >= 0.3 is 0 Å². The van der Waals surface area contributed by atoms with Crippen LogP contribution in [0.5, 0.6) is 0 Å². The van der Waals surface area contributed by atoms with Crippen molar-refractivity contribution in [3.63, 3.8) is 0 Å². The highest BCUT2D eigenvalue weighted by atomic mass is 32.2. The number of para-hydroxylation sites is 2. The Kier molecular flexibility index (Phi) is 4.77. The molecule has 3 aromatic carbocycles. The second-order valence-electron chi connectivity index (χ2n) is 5.19. The summed E-state index contributed by atoms with van der Waals surface area (Å²) in [6.45, 7) is 0. The third-order valence-electron chi connectivity index (χ3n) is 3.47. The maximum Gasteiger partial charge on any atom is 0.261 e. The van der Waals surface area contributed by atoms with E-state index >= 15 is 0 Å². The third kappa shape index (κ3) is 3.73. The molecule has 24 heavy (non-hydrogen) atoms. The van der Waals surface area contributed by atoms with E-state index in [1.54, 1.807) is 30.3 Å². The molecule has 0 aliphatic rings. The zero-order valence-corrected chi connectivity index (χ0v) is 13.8. The zero-order chi connectivity index (χ0) is 16.8. The minimum atomic E-state index is -3.67. The van der Waals surface area contributed by atoms with Crippen molar-refractivity contribution in [2.75, 3.05) is 4.31 Å². The van der Waals surface area contributed by atoms with Crippen molar-refractivity contribution in [1.82, 2.24) is 0 Å². The summed E-state index contributed by atoms with van der Waals surface area (Å²) in [5, 5.41) is 1.24. The number of hydrogen-bond acceptors (Lipinski definition) is 2. The van der Waals surface area contributed by atoms with Gasteiger partial charge in [0.2, 0.25) is 0 Å². The van der Waals surface area contributed by atoms with E-state index in [0.29, 0.717) is 11.4 Å². The van der Waals surface area contributed by atoms with E-state index in [2.05, 4.69) is 0 Å². The molecule has 0 bridgehead atoms. The van der Waals surface area contributed by atoms with Crippen LogP contribution in [0.2, 0.25) is 0 Å². The fourth-order valence-electron chi connectivity index (χ4n) is 2.36. The van der Waals surface area contributed by atoms with Gasteiger partial charge in [-0.2, -0.15) is 0 Å². The number of benzene rings is 3. The molecule has 0 spiro atoms. The molecule has 0 aliphatic heterocycles. The minimum Gasteiger partial charge on any atom is -0.235 e. The van der Waals surface area contributed by atoms with Gasteiger partial charge in [-0.3, -0.25) is 0 Å².